The van der Waals surface area contributed by atoms with Crippen LogP contribution >= 0.6 is 15.9 Å². The first-order valence-corrected chi connectivity index (χ1v) is 9.24. The molecule has 0 spiro atoms. The van der Waals surface area contributed by atoms with Crippen LogP contribution in [0.2, 0.25) is 0 Å². The van der Waals surface area contributed by atoms with Crippen molar-refractivity contribution < 1.29 is 4.79 Å². The molecule has 1 aliphatic heterocycles. The molecule has 1 atom stereocenters. The lowest BCUT2D eigenvalue weighted by molar-refractivity contribution is 0.0704. The average molecular weight is 390 g/mol. The Morgan fingerprint density at radius 2 is 2.00 bits per heavy atom. The number of carbonyl (C=O) groups excluding carboxylic acids is 1. The number of hydrogen-bond donors (Lipinski definition) is 0. The fourth-order valence-electron chi connectivity index (χ4n) is 3.36. The van der Waals surface area contributed by atoms with Gasteiger partial charge < -0.3 is 4.90 Å². The van der Waals surface area contributed by atoms with Crippen molar-refractivity contribution in [3.63, 3.8) is 0 Å². The number of likely N-dealkylation sites (tertiary alicyclic amines) is 1. The SMILES string of the molecule is CC(C)(C)CC1CCCN1C(=O)c1cnn(-c2ccc(Br)cc2)c1. The summed E-state index contributed by atoms with van der Waals surface area (Å²) in [7, 11) is 0. The molecule has 5 heteroatoms. The molecule has 128 valence electrons. The van der Waals surface area contributed by atoms with E-state index in [2.05, 4.69) is 41.8 Å². The van der Waals surface area contributed by atoms with E-state index in [1.807, 2.05) is 35.4 Å². The maximum atomic E-state index is 12.9. The van der Waals surface area contributed by atoms with Crippen molar-refractivity contribution in [1.29, 1.82) is 0 Å². The smallest absolute Gasteiger partial charge is 0.257 e. The van der Waals surface area contributed by atoms with Crippen molar-refractivity contribution >= 4 is 21.8 Å². The molecule has 2 heterocycles. The van der Waals surface area contributed by atoms with E-state index in [9.17, 15) is 4.79 Å². The van der Waals surface area contributed by atoms with Gasteiger partial charge in [-0.3, -0.25) is 4.79 Å². The van der Waals surface area contributed by atoms with E-state index in [1.54, 1.807) is 10.9 Å². The molecule has 0 bridgehead atoms. The summed E-state index contributed by atoms with van der Waals surface area (Å²) in [6.45, 7) is 7.56. The lowest BCUT2D eigenvalue weighted by Crippen LogP contribution is -2.37. The predicted octanol–water partition coefficient (Wildman–Crippen LogP) is 4.68. The van der Waals surface area contributed by atoms with Crippen LogP contribution in [0.4, 0.5) is 0 Å². The fourth-order valence-corrected chi connectivity index (χ4v) is 3.62. The predicted molar refractivity (Wildman–Crippen MR) is 99.4 cm³/mol. The van der Waals surface area contributed by atoms with Gasteiger partial charge in [0.25, 0.3) is 5.91 Å². The van der Waals surface area contributed by atoms with Gasteiger partial charge in [0.1, 0.15) is 0 Å². The molecule has 0 radical (unpaired) electrons. The van der Waals surface area contributed by atoms with Crippen molar-refractivity contribution in [3.8, 4) is 5.69 Å². The number of halogens is 1. The minimum Gasteiger partial charge on any atom is -0.336 e. The Labute approximate surface area is 152 Å². The van der Waals surface area contributed by atoms with Gasteiger partial charge in [-0.05, 0) is 48.9 Å². The standard InChI is InChI=1S/C19H24BrN3O/c1-19(2,3)11-17-5-4-10-22(17)18(24)14-12-21-23(13-14)16-8-6-15(20)7-9-16/h6-9,12-13,17H,4-5,10-11H2,1-3H3. The Hall–Kier alpha value is -1.62. The lowest BCUT2D eigenvalue weighted by Gasteiger charge is -2.30. The van der Waals surface area contributed by atoms with Crippen molar-refractivity contribution in [2.75, 3.05) is 6.54 Å². The Morgan fingerprint density at radius 1 is 1.29 bits per heavy atom. The van der Waals surface area contributed by atoms with Crippen LogP contribution in [0, 0.1) is 5.41 Å². The highest BCUT2D eigenvalue weighted by atomic mass is 79.9. The van der Waals surface area contributed by atoms with Gasteiger partial charge in [0, 0.05) is 23.3 Å². The Balaban J connectivity index is 1.77. The number of carbonyl (C=O) groups is 1. The maximum Gasteiger partial charge on any atom is 0.257 e. The zero-order chi connectivity index (χ0) is 17.3. The van der Waals surface area contributed by atoms with Crippen LogP contribution in [0.3, 0.4) is 0 Å². The molecule has 1 unspecified atom stereocenters. The highest BCUT2D eigenvalue weighted by Crippen LogP contribution is 2.30. The molecule has 1 aromatic heterocycles. The third-order valence-electron chi connectivity index (χ3n) is 4.41. The fraction of sp³-hybridized carbons (Fsp3) is 0.474. The molecule has 1 fully saturated rings. The van der Waals surface area contributed by atoms with E-state index in [0.717, 1.165) is 36.0 Å². The van der Waals surface area contributed by atoms with Crippen LogP contribution in [0.15, 0.2) is 41.1 Å². The highest BCUT2D eigenvalue weighted by Gasteiger charge is 2.32. The molecule has 1 aromatic carbocycles. The molecule has 3 rings (SSSR count). The molecule has 1 saturated heterocycles. The summed E-state index contributed by atoms with van der Waals surface area (Å²) in [6, 6.07) is 8.23. The van der Waals surface area contributed by atoms with Gasteiger partial charge in [0.05, 0.1) is 17.4 Å². The maximum absolute atomic E-state index is 12.9. The van der Waals surface area contributed by atoms with Crippen molar-refractivity contribution in [1.82, 2.24) is 14.7 Å². The van der Waals surface area contributed by atoms with Gasteiger partial charge in [-0.1, -0.05) is 36.7 Å². The molecule has 0 saturated carbocycles. The summed E-state index contributed by atoms with van der Waals surface area (Å²) in [4.78, 5) is 14.9. The largest absolute Gasteiger partial charge is 0.336 e. The third-order valence-corrected chi connectivity index (χ3v) is 4.94. The molecule has 0 aliphatic carbocycles. The topological polar surface area (TPSA) is 38.1 Å². The van der Waals surface area contributed by atoms with E-state index in [-0.39, 0.29) is 11.3 Å². The van der Waals surface area contributed by atoms with E-state index >= 15 is 0 Å². The molecular weight excluding hydrogens is 366 g/mol. The van der Waals surface area contributed by atoms with Gasteiger partial charge in [-0.15, -0.1) is 0 Å². The van der Waals surface area contributed by atoms with Gasteiger partial charge in [-0.2, -0.15) is 5.10 Å². The van der Waals surface area contributed by atoms with Crippen molar-refractivity contribution in [3.05, 3.63) is 46.7 Å². The Morgan fingerprint density at radius 3 is 2.67 bits per heavy atom. The molecule has 24 heavy (non-hydrogen) atoms. The molecule has 4 nitrogen and oxygen atoms in total. The zero-order valence-electron chi connectivity index (χ0n) is 14.5. The number of nitrogens with zero attached hydrogens (tertiary/aromatic N) is 3. The van der Waals surface area contributed by atoms with Gasteiger partial charge >= 0.3 is 0 Å². The van der Waals surface area contributed by atoms with Crippen LogP contribution in [-0.2, 0) is 0 Å². The Bertz CT molecular complexity index is 715. The van der Waals surface area contributed by atoms with E-state index < -0.39 is 0 Å². The second-order valence-corrected chi connectivity index (χ2v) is 8.63. The summed E-state index contributed by atoms with van der Waals surface area (Å²) < 4.78 is 2.78. The Kier molecular flexibility index (Phi) is 4.81. The van der Waals surface area contributed by atoms with Crippen LogP contribution in [-0.4, -0.2) is 33.2 Å². The van der Waals surface area contributed by atoms with Gasteiger partial charge in [0.2, 0.25) is 0 Å². The van der Waals surface area contributed by atoms with Gasteiger partial charge in [0.15, 0.2) is 0 Å². The van der Waals surface area contributed by atoms with E-state index in [4.69, 9.17) is 0 Å². The molecule has 2 aromatic rings. The summed E-state index contributed by atoms with van der Waals surface area (Å²) in [6.07, 6.45) is 6.74. The first-order chi connectivity index (χ1) is 11.3. The van der Waals surface area contributed by atoms with Crippen LogP contribution in [0.25, 0.3) is 5.69 Å². The minimum atomic E-state index is 0.102. The summed E-state index contributed by atoms with van der Waals surface area (Å²) in [5.41, 5.74) is 1.85. The quantitative estimate of drug-likeness (QED) is 0.764. The van der Waals surface area contributed by atoms with Crippen LogP contribution < -0.4 is 0 Å². The average Bonchev–Trinajstić information content (AvgIpc) is 3.15. The molecule has 1 aliphatic rings. The first kappa shape index (κ1) is 17.2. The van der Waals surface area contributed by atoms with E-state index in [0.29, 0.717) is 11.6 Å². The van der Waals surface area contributed by atoms with E-state index in [1.165, 1.54) is 0 Å². The number of benzene rings is 1. The monoisotopic (exact) mass is 389 g/mol. The summed E-state index contributed by atoms with van der Waals surface area (Å²) in [5.74, 6) is 0.102. The van der Waals surface area contributed by atoms with Gasteiger partial charge in [-0.25, -0.2) is 4.68 Å². The summed E-state index contributed by atoms with van der Waals surface area (Å²) in [5, 5.41) is 4.36. The van der Waals surface area contributed by atoms with Crippen molar-refractivity contribution in [2.24, 2.45) is 5.41 Å². The normalized spacial score (nSPS) is 18.2. The van der Waals surface area contributed by atoms with Crippen molar-refractivity contribution in [2.45, 2.75) is 46.1 Å². The second-order valence-electron chi connectivity index (χ2n) is 7.71. The summed E-state index contributed by atoms with van der Waals surface area (Å²) >= 11 is 3.43. The van der Waals surface area contributed by atoms with Crippen LogP contribution in [0.5, 0.6) is 0 Å². The molecule has 0 N–H and O–H groups in total. The lowest BCUT2D eigenvalue weighted by atomic mass is 9.87. The first-order valence-electron chi connectivity index (χ1n) is 8.45. The van der Waals surface area contributed by atoms with Crippen LogP contribution in [0.1, 0.15) is 50.4 Å². The second kappa shape index (κ2) is 6.71. The third kappa shape index (κ3) is 3.89. The molecule has 1 amide bonds. The number of rotatable bonds is 3. The number of hydrogen-bond acceptors (Lipinski definition) is 2. The molecular formula is C19H24BrN3O. The zero-order valence-corrected chi connectivity index (χ0v) is 16.1. The number of amides is 1. The highest BCUT2D eigenvalue weighted by molar-refractivity contribution is 9.10. The number of aromatic nitrogens is 2. The minimum absolute atomic E-state index is 0.102.